The maximum absolute atomic E-state index is 10.9. The van der Waals surface area contributed by atoms with Crippen LogP contribution in [0.1, 0.15) is 12.0 Å². The van der Waals surface area contributed by atoms with Gasteiger partial charge in [-0.15, -0.1) is 0 Å². The second kappa shape index (κ2) is 6.82. The van der Waals surface area contributed by atoms with Crippen LogP contribution >= 0.6 is 23.4 Å². The Morgan fingerprint density at radius 2 is 2.21 bits per heavy atom. The van der Waals surface area contributed by atoms with E-state index in [9.17, 15) is 4.79 Å². The van der Waals surface area contributed by atoms with E-state index in [1.807, 2.05) is 24.3 Å². The molecule has 6 heteroatoms. The van der Waals surface area contributed by atoms with Crippen LogP contribution in [0.2, 0.25) is 5.02 Å². The molecule has 1 unspecified atom stereocenters. The van der Waals surface area contributed by atoms with Crippen molar-refractivity contribution in [3.8, 4) is 0 Å². The molecule has 1 aliphatic rings. The summed E-state index contributed by atoms with van der Waals surface area (Å²) in [6, 6.07) is 7.32. The molecule has 4 nitrogen and oxygen atoms in total. The van der Waals surface area contributed by atoms with Crippen molar-refractivity contribution in [1.29, 1.82) is 0 Å². The zero-order valence-corrected chi connectivity index (χ0v) is 11.9. The van der Waals surface area contributed by atoms with Crippen molar-refractivity contribution in [1.82, 2.24) is 5.32 Å². The number of aliphatic imine (C=N–C) groups is 1. The highest BCUT2D eigenvalue weighted by Crippen LogP contribution is 2.15. The molecule has 1 heterocycles. The molecule has 102 valence electrons. The molecule has 2 rings (SSSR count). The van der Waals surface area contributed by atoms with E-state index in [2.05, 4.69) is 10.3 Å². The van der Waals surface area contributed by atoms with E-state index in [1.165, 1.54) is 0 Å². The largest absolute Gasteiger partial charge is 0.481 e. The molecule has 0 radical (unpaired) electrons. The maximum atomic E-state index is 10.9. The van der Waals surface area contributed by atoms with Crippen LogP contribution in [0.4, 0.5) is 0 Å². The normalized spacial score (nSPS) is 15.9. The van der Waals surface area contributed by atoms with E-state index >= 15 is 0 Å². The molecule has 0 saturated heterocycles. The number of thioether (sulfide) groups is 1. The first-order valence-corrected chi connectivity index (χ1v) is 7.40. The lowest BCUT2D eigenvalue weighted by atomic mass is 10.0. The first-order valence-electron chi connectivity index (χ1n) is 6.03. The Kier molecular flexibility index (Phi) is 5.10. The molecule has 0 aromatic heterocycles. The summed E-state index contributed by atoms with van der Waals surface area (Å²) in [6.07, 6.45) is 0.714. The number of carboxylic acid groups (broad SMARTS) is 1. The average molecular weight is 299 g/mol. The molecule has 0 spiro atoms. The molecule has 19 heavy (non-hydrogen) atoms. The van der Waals surface area contributed by atoms with Crippen molar-refractivity contribution in [3.63, 3.8) is 0 Å². The highest BCUT2D eigenvalue weighted by Gasteiger charge is 2.17. The predicted molar refractivity (Wildman–Crippen MR) is 79.1 cm³/mol. The van der Waals surface area contributed by atoms with E-state index in [0.29, 0.717) is 11.4 Å². The van der Waals surface area contributed by atoms with Crippen LogP contribution in [0.3, 0.4) is 0 Å². The minimum Gasteiger partial charge on any atom is -0.481 e. The van der Waals surface area contributed by atoms with Crippen molar-refractivity contribution in [2.24, 2.45) is 4.99 Å². The van der Waals surface area contributed by atoms with Gasteiger partial charge in [-0.2, -0.15) is 0 Å². The molecule has 0 bridgehead atoms. The van der Waals surface area contributed by atoms with Crippen LogP contribution in [0, 0.1) is 0 Å². The highest BCUT2D eigenvalue weighted by atomic mass is 35.5. The van der Waals surface area contributed by atoms with Crippen molar-refractivity contribution in [2.75, 3.05) is 12.3 Å². The highest BCUT2D eigenvalue weighted by molar-refractivity contribution is 8.14. The third-order valence-corrected chi connectivity index (χ3v) is 3.89. The van der Waals surface area contributed by atoms with Gasteiger partial charge in [-0.1, -0.05) is 35.5 Å². The standard InChI is InChI=1S/C13H15ClN2O2S/c14-10-3-1-9(2-4-10)7-11(8-12(17)18)16-13-15-5-6-19-13/h1-4,11H,5-8H2,(H,15,16)(H,17,18). The number of hydrogen-bond donors (Lipinski definition) is 2. The number of aliphatic carboxylic acids is 1. The Labute approximate surface area is 121 Å². The number of hydrogen-bond acceptors (Lipinski definition) is 4. The molecule has 0 saturated carbocycles. The van der Waals surface area contributed by atoms with Gasteiger partial charge in [-0.3, -0.25) is 9.79 Å². The van der Waals surface area contributed by atoms with Crippen LogP contribution in [0.25, 0.3) is 0 Å². The minimum absolute atomic E-state index is 0.0716. The first-order chi connectivity index (χ1) is 9.13. The summed E-state index contributed by atoms with van der Waals surface area (Å²) in [5.41, 5.74) is 1.06. The van der Waals surface area contributed by atoms with Crippen molar-refractivity contribution < 1.29 is 9.90 Å². The fourth-order valence-electron chi connectivity index (χ4n) is 1.89. The van der Waals surface area contributed by atoms with Crippen molar-refractivity contribution >= 4 is 34.5 Å². The summed E-state index contributed by atoms with van der Waals surface area (Å²) in [5, 5.41) is 13.7. The molecule has 0 amide bonds. The number of carbonyl (C=O) groups is 1. The molecule has 1 aromatic carbocycles. The van der Waals surface area contributed by atoms with Crippen LogP contribution in [0.15, 0.2) is 29.3 Å². The van der Waals surface area contributed by atoms with Gasteiger partial charge in [0.15, 0.2) is 5.17 Å². The van der Waals surface area contributed by atoms with Crippen LogP contribution < -0.4 is 5.32 Å². The van der Waals surface area contributed by atoms with Crippen LogP contribution in [-0.4, -0.2) is 34.6 Å². The lowest BCUT2D eigenvalue weighted by molar-refractivity contribution is -0.137. The molecule has 0 aliphatic carbocycles. The van der Waals surface area contributed by atoms with E-state index in [0.717, 1.165) is 23.0 Å². The SMILES string of the molecule is O=C(O)CC(Cc1ccc(Cl)cc1)NC1=NCCS1. The molecule has 2 N–H and O–H groups in total. The number of nitrogens with zero attached hydrogens (tertiary/aromatic N) is 1. The summed E-state index contributed by atoms with van der Waals surface area (Å²) >= 11 is 7.47. The van der Waals surface area contributed by atoms with E-state index in [-0.39, 0.29) is 12.5 Å². The number of halogens is 1. The minimum atomic E-state index is -0.810. The second-order valence-electron chi connectivity index (χ2n) is 4.31. The van der Waals surface area contributed by atoms with Crippen molar-refractivity contribution in [2.45, 2.75) is 18.9 Å². The summed E-state index contributed by atoms with van der Waals surface area (Å²) in [4.78, 5) is 15.2. The average Bonchev–Trinajstić information content (AvgIpc) is 2.84. The Hall–Kier alpha value is -1.20. The number of nitrogens with one attached hydrogen (secondary N) is 1. The predicted octanol–water partition coefficient (Wildman–Crippen LogP) is 2.42. The van der Waals surface area contributed by atoms with Gasteiger partial charge in [0.1, 0.15) is 0 Å². The topological polar surface area (TPSA) is 61.7 Å². The van der Waals surface area contributed by atoms with Gasteiger partial charge < -0.3 is 10.4 Å². The van der Waals surface area contributed by atoms with Gasteiger partial charge in [0, 0.05) is 16.8 Å². The second-order valence-corrected chi connectivity index (χ2v) is 5.83. The van der Waals surface area contributed by atoms with Gasteiger partial charge in [-0.25, -0.2) is 0 Å². The van der Waals surface area contributed by atoms with Crippen LogP contribution in [-0.2, 0) is 11.2 Å². The molecule has 1 aliphatic heterocycles. The quantitative estimate of drug-likeness (QED) is 0.876. The lowest BCUT2D eigenvalue weighted by Crippen LogP contribution is -2.36. The van der Waals surface area contributed by atoms with Crippen molar-refractivity contribution in [3.05, 3.63) is 34.9 Å². The number of amidine groups is 1. The zero-order valence-electron chi connectivity index (χ0n) is 10.3. The number of rotatable bonds is 5. The van der Waals surface area contributed by atoms with Gasteiger partial charge in [-0.05, 0) is 24.1 Å². The molecule has 0 fully saturated rings. The zero-order chi connectivity index (χ0) is 13.7. The van der Waals surface area contributed by atoms with Gasteiger partial charge in [0.2, 0.25) is 0 Å². The fourth-order valence-corrected chi connectivity index (χ4v) is 2.82. The van der Waals surface area contributed by atoms with E-state index in [4.69, 9.17) is 16.7 Å². The van der Waals surface area contributed by atoms with Gasteiger partial charge >= 0.3 is 5.97 Å². The Morgan fingerprint density at radius 1 is 1.47 bits per heavy atom. The third-order valence-electron chi connectivity index (χ3n) is 2.73. The van der Waals surface area contributed by atoms with E-state index in [1.54, 1.807) is 11.8 Å². The Balaban J connectivity index is 2.00. The number of carboxylic acids is 1. The van der Waals surface area contributed by atoms with Gasteiger partial charge in [0.05, 0.1) is 13.0 Å². The summed E-state index contributed by atoms with van der Waals surface area (Å²) in [6.45, 7) is 0.799. The number of benzene rings is 1. The summed E-state index contributed by atoms with van der Waals surface area (Å²) < 4.78 is 0. The van der Waals surface area contributed by atoms with E-state index < -0.39 is 5.97 Å². The lowest BCUT2D eigenvalue weighted by Gasteiger charge is -2.17. The summed E-state index contributed by atoms with van der Waals surface area (Å²) in [7, 11) is 0. The maximum Gasteiger partial charge on any atom is 0.305 e. The first kappa shape index (κ1) is 14.2. The van der Waals surface area contributed by atoms with Gasteiger partial charge in [0.25, 0.3) is 0 Å². The summed E-state index contributed by atoms with van der Waals surface area (Å²) in [5.74, 6) is 0.151. The third kappa shape index (κ3) is 4.76. The molecule has 1 aromatic rings. The monoisotopic (exact) mass is 298 g/mol. The fraction of sp³-hybridized carbons (Fsp3) is 0.385. The molecular weight excluding hydrogens is 284 g/mol. The Bertz CT molecular complexity index is 476. The Morgan fingerprint density at radius 3 is 2.79 bits per heavy atom. The van der Waals surface area contributed by atoms with Crippen LogP contribution in [0.5, 0.6) is 0 Å². The smallest absolute Gasteiger partial charge is 0.305 e. The molecule has 1 atom stereocenters. The molecular formula is C13H15ClN2O2S.